The molecule has 0 heterocycles. The first-order chi connectivity index (χ1) is 14.2. The fourth-order valence-corrected chi connectivity index (χ4v) is 2.55. The lowest BCUT2D eigenvalue weighted by atomic mass is 10.1. The van der Waals surface area contributed by atoms with Crippen LogP contribution >= 0.6 is 0 Å². The minimum absolute atomic E-state index is 0.0383. The standard InChI is InChI=1S/C22H17N3O4/c23-13-18-5-1-2-7-20(18)16-29-24-14-19-6-3-4-8-22(19)28-15-17-9-11-21(12-10-17)25(26)27/h1-12,14H,15-16H2/b24-14-. The molecular formula is C22H17N3O4. The lowest BCUT2D eigenvalue weighted by Gasteiger charge is -2.09. The van der Waals surface area contributed by atoms with Gasteiger partial charge in [0.1, 0.15) is 19.0 Å². The number of para-hydroxylation sites is 1. The predicted molar refractivity (Wildman–Crippen MR) is 107 cm³/mol. The maximum absolute atomic E-state index is 10.7. The first-order valence-electron chi connectivity index (χ1n) is 8.76. The van der Waals surface area contributed by atoms with Gasteiger partial charge < -0.3 is 9.57 Å². The molecule has 0 atom stereocenters. The van der Waals surface area contributed by atoms with Crippen molar-refractivity contribution in [1.82, 2.24) is 0 Å². The lowest BCUT2D eigenvalue weighted by Crippen LogP contribution is -1.99. The molecule has 0 radical (unpaired) electrons. The molecular weight excluding hydrogens is 370 g/mol. The van der Waals surface area contributed by atoms with Gasteiger partial charge in [0.15, 0.2) is 0 Å². The van der Waals surface area contributed by atoms with E-state index in [1.165, 1.54) is 12.1 Å². The fraction of sp³-hybridized carbons (Fsp3) is 0.0909. The second-order valence-corrected chi connectivity index (χ2v) is 6.03. The second-order valence-electron chi connectivity index (χ2n) is 6.03. The van der Waals surface area contributed by atoms with Crippen molar-refractivity contribution in [3.05, 3.63) is 105 Å². The third-order valence-corrected chi connectivity index (χ3v) is 4.08. The summed E-state index contributed by atoms with van der Waals surface area (Å²) >= 11 is 0. The zero-order chi connectivity index (χ0) is 20.5. The highest BCUT2D eigenvalue weighted by molar-refractivity contribution is 5.83. The molecule has 29 heavy (non-hydrogen) atoms. The Morgan fingerprint density at radius 2 is 1.72 bits per heavy atom. The minimum atomic E-state index is -0.439. The third-order valence-electron chi connectivity index (χ3n) is 4.08. The molecule has 0 N–H and O–H groups in total. The van der Waals surface area contributed by atoms with E-state index < -0.39 is 4.92 Å². The van der Waals surface area contributed by atoms with E-state index in [0.29, 0.717) is 11.3 Å². The third kappa shape index (κ3) is 5.40. The molecule has 0 unspecified atom stereocenters. The number of hydrogen-bond acceptors (Lipinski definition) is 6. The molecule has 0 aliphatic rings. The van der Waals surface area contributed by atoms with Gasteiger partial charge >= 0.3 is 0 Å². The molecule has 0 bridgehead atoms. The van der Waals surface area contributed by atoms with E-state index in [1.54, 1.807) is 36.5 Å². The SMILES string of the molecule is N#Cc1ccccc1CO/N=C\c1ccccc1OCc1ccc([N+](=O)[O-])cc1. The number of non-ortho nitro benzene ring substituents is 1. The Morgan fingerprint density at radius 3 is 2.48 bits per heavy atom. The maximum Gasteiger partial charge on any atom is 0.269 e. The quantitative estimate of drug-likeness (QED) is 0.320. The van der Waals surface area contributed by atoms with Crippen LogP contribution in [0.1, 0.15) is 22.3 Å². The number of nitrogens with zero attached hydrogens (tertiary/aromatic N) is 3. The van der Waals surface area contributed by atoms with Gasteiger partial charge in [-0.1, -0.05) is 35.5 Å². The van der Waals surface area contributed by atoms with Gasteiger partial charge in [-0.15, -0.1) is 0 Å². The fourth-order valence-electron chi connectivity index (χ4n) is 2.55. The van der Waals surface area contributed by atoms with Crippen LogP contribution in [0.5, 0.6) is 5.75 Å². The number of ether oxygens (including phenoxy) is 1. The summed E-state index contributed by atoms with van der Waals surface area (Å²) in [7, 11) is 0. The Morgan fingerprint density at radius 1 is 1.00 bits per heavy atom. The summed E-state index contributed by atoms with van der Waals surface area (Å²) < 4.78 is 5.82. The molecule has 0 saturated heterocycles. The van der Waals surface area contributed by atoms with Crippen LogP contribution in [0.25, 0.3) is 0 Å². The number of hydrogen-bond donors (Lipinski definition) is 0. The number of nitro benzene ring substituents is 1. The van der Waals surface area contributed by atoms with Crippen molar-refractivity contribution >= 4 is 11.9 Å². The number of benzene rings is 3. The summed E-state index contributed by atoms with van der Waals surface area (Å²) in [6, 6.07) is 22.8. The van der Waals surface area contributed by atoms with Gasteiger partial charge in [-0.2, -0.15) is 5.26 Å². The van der Waals surface area contributed by atoms with Gasteiger partial charge in [-0.3, -0.25) is 10.1 Å². The Balaban J connectivity index is 1.60. The molecule has 3 aromatic carbocycles. The molecule has 0 aromatic heterocycles. The van der Waals surface area contributed by atoms with E-state index >= 15 is 0 Å². The molecule has 144 valence electrons. The van der Waals surface area contributed by atoms with E-state index in [1.807, 2.05) is 30.3 Å². The zero-order valence-corrected chi connectivity index (χ0v) is 15.4. The average molecular weight is 387 g/mol. The Hall–Kier alpha value is -4.18. The van der Waals surface area contributed by atoms with Crippen LogP contribution in [0, 0.1) is 21.4 Å². The normalized spacial score (nSPS) is 10.4. The summed E-state index contributed by atoms with van der Waals surface area (Å²) in [4.78, 5) is 15.6. The van der Waals surface area contributed by atoms with Gasteiger partial charge in [-0.25, -0.2) is 0 Å². The largest absolute Gasteiger partial charge is 0.488 e. The average Bonchev–Trinajstić information content (AvgIpc) is 2.76. The molecule has 0 aliphatic heterocycles. The van der Waals surface area contributed by atoms with Crippen molar-refractivity contribution < 1.29 is 14.5 Å². The highest BCUT2D eigenvalue weighted by atomic mass is 16.6. The Labute approximate surface area is 167 Å². The van der Waals surface area contributed by atoms with E-state index in [-0.39, 0.29) is 18.9 Å². The van der Waals surface area contributed by atoms with E-state index in [4.69, 9.17) is 14.8 Å². The van der Waals surface area contributed by atoms with Crippen LogP contribution < -0.4 is 4.74 Å². The first kappa shape index (κ1) is 19.6. The summed E-state index contributed by atoms with van der Waals surface area (Å²) in [6.07, 6.45) is 1.54. The molecule has 3 aromatic rings. The molecule has 7 heteroatoms. The summed E-state index contributed by atoms with van der Waals surface area (Å²) in [6.45, 7) is 0.450. The van der Waals surface area contributed by atoms with Gasteiger partial charge in [-0.05, 0) is 35.9 Å². The number of oxime groups is 1. The van der Waals surface area contributed by atoms with Crippen molar-refractivity contribution in [2.75, 3.05) is 0 Å². The van der Waals surface area contributed by atoms with Crippen molar-refractivity contribution in [3.8, 4) is 11.8 Å². The molecule has 0 spiro atoms. The van der Waals surface area contributed by atoms with Crippen LogP contribution in [-0.2, 0) is 18.1 Å². The van der Waals surface area contributed by atoms with Crippen LogP contribution in [-0.4, -0.2) is 11.1 Å². The number of nitro groups is 1. The Bertz CT molecular complexity index is 1060. The van der Waals surface area contributed by atoms with E-state index in [0.717, 1.165) is 16.7 Å². The van der Waals surface area contributed by atoms with Crippen LogP contribution in [0.15, 0.2) is 78.0 Å². The van der Waals surface area contributed by atoms with Crippen molar-refractivity contribution in [3.63, 3.8) is 0 Å². The van der Waals surface area contributed by atoms with Crippen molar-refractivity contribution in [1.29, 1.82) is 5.26 Å². The monoisotopic (exact) mass is 387 g/mol. The Kier molecular flexibility index (Phi) is 6.53. The maximum atomic E-state index is 10.7. The zero-order valence-electron chi connectivity index (χ0n) is 15.4. The molecule has 0 aliphatic carbocycles. The van der Waals surface area contributed by atoms with Crippen LogP contribution in [0.2, 0.25) is 0 Å². The second kappa shape index (κ2) is 9.67. The molecule has 3 rings (SSSR count). The lowest BCUT2D eigenvalue weighted by molar-refractivity contribution is -0.384. The molecule has 0 fully saturated rings. The minimum Gasteiger partial charge on any atom is -0.488 e. The van der Waals surface area contributed by atoms with E-state index in [9.17, 15) is 10.1 Å². The predicted octanol–water partition coefficient (Wildman–Crippen LogP) is 4.60. The van der Waals surface area contributed by atoms with Gasteiger partial charge in [0.2, 0.25) is 0 Å². The highest BCUT2D eigenvalue weighted by Gasteiger charge is 2.06. The highest BCUT2D eigenvalue weighted by Crippen LogP contribution is 2.19. The molecule has 0 saturated carbocycles. The summed E-state index contributed by atoms with van der Waals surface area (Å²) in [5.74, 6) is 0.607. The van der Waals surface area contributed by atoms with Gasteiger partial charge in [0.05, 0.1) is 22.8 Å². The van der Waals surface area contributed by atoms with E-state index in [2.05, 4.69) is 11.2 Å². The molecule has 0 amide bonds. The van der Waals surface area contributed by atoms with Crippen molar-refractivity contribution in [2.24, 2.45) is 5.16 Å². The smallest absolute Gasteiger partial charge is 0.269 e. The first-order valence-corrected chi connectivity index (χ1v) is 8.76. The summed E-state index contributed by atoms with van der Waals surface area (Å²) in [5.41, 5.74) is 2.88. The number of rotatable bonds is 8. The van der Waals surface area contributed by atoms with Gasteiger partial charge in [0, 0.05) is 23.3 Å². The van der Waals surface area contributed by atoms with Crippen molar-refractivity contribution in [2.45, 2.75) is 13.2 Å². The number of nitriles is 1. The summed E-state index contributed by atoms with van der Waals surface area (Å²) in [5, 5.41) is 23.8. The van der Waals surface area contributed by atoms with Gasteiger partial charge in [0.25, 0.3) is 5.69 Å². The molecule has 7 nitrogen and oxygen atoms in total. The topological polar surface area (TPSA) is 97.8 Å². The van der Waals surface area contributed by atoms with Crippen LogP contribution in [0.3, 0.4) is 0 Å². The van der Waals surface area contributed by atoms with Crippen LogP contribution in [0.4, 0.5) is 5.69 Å².